The number of nitrogens with zero attached hydrogens (tertiary/aromatic N) is 4. The number of carbonyl (C=O) groups is 1. The number of hydrogen-bond acceptors (Lipinski definition) is 5. The van der Waals surface area contributed by atoms with Gasteiger partial charge in [-0.15, -0.1) is 0 Å². The van der Waals surface area contributed by atoms with Crippen LogP contribution in [0.25, 0.3) is 0 Å². The zero-order chi connectivity index (χ0) is 14.3. The second-order valence-electron chi connectivity index (χ2n) is 4.07. The SMILES string of the molecule is O=C(O)C1=C[C@H](c2ccc(Cl)cc2Cl)n2nnnc2N1. The van der Waals surface area contributed by atoms with Crippen LogP contribution in [-0.4, -0.2) is 31.3 Å². The quantitative estimate of drug-likeness (QED) is 0.880. The number of carboxylic acids is 1. The Balaban J connectivity index is 2.14. The van der Waals surface area contributed by atoms with Crippen molar-refractivity contribution in [3.63, 3.8) is 0 Å². The number of tetrazole rings is 1. The Labute approximate surface area is 122 Å². The molecule has 9 heteroatoms. The molecular weight excluding hydrogens is 305 g/mol. The molecule has 102 valence electrons. The molecule has 0 saturated carbocycles. The van der Waals surface area contributed by atoms with Crippen molar-refractivity contribution in [1.29, 1.82) is 0 Å². The van der Waals surface area contributed by atoms with Crippen LogP contribution in [0.3, 0.4) is 0 Å². The Kier molecular flexibility index (Phi) is 3.07. The van der Waals surface area contributed by atoms with Gasteiger partial charge in [-0.05, 0) is 34.2 Å². The molecule has 1 aromatic heterocycles. The number of rotatable bonds is 2. The maximum Gasteiger partial charge on any atom is 0.352 e. The number of aliphatic carboxylic acids is 1. The summed E-state index contributed by atoms with van der Waals surface area (Å²) < 4.78 is 1.45. The van der Waals surface area contributed by atoms with Crippen LogP contribution >= 0.6 is 23.2 Å². The summed E-state index contributed by atoms with van der Waals surface area (Å²) in [6.45, 7) is 0. The highest BCUT2D eigenvalue weighted by molar-refractivity contribution is 6.35. The van der Waals surface area contributed by atoms with Gasteiger partial charge in [-0.2, -0.15) is 4.68 Å². The number of aromatic nitrogens is 4. The molecule has 0 unspecified atom stereocenters. The maximum absolute atomic E-state index is 11.1. The highest BCUT2D eigenvalue weighted by atomic mass is 35.5. The molecule has 0 spiro atoms. The van der Waals surface area contributed by atoms with Gasteiger partial charge in [-0.1, -0.05) is 34.4 Å². The highest BCUT2D eigenvalue weighted by Crippen LogP contribution is 2.33. The fraction of sp³-hybridized carbons (Fsp3) is 0.0909. The average Bonchev–Trinajstić information content (AvgIpc) is 2.86. The largest absolute Gasteiger partial charge is 0.477 e. The van der Waals surface area contributed by atoms with Gasteiger partial charge in [0.2, 0.25) is 5.95 Å². The lowest BCUT2D eigenvalue weighted by molar-refractivity contribution is -0.132. The molecule has 2 aromatic rings. The molecule has 1 aliphatic rings. The van der Waals surface area contributed by atoms with E-state index in [4.69, 9.17) is 28.3 Å². The van der Waals surface area contributed by atoms with E-state index in [0.29, 0.717) is 15.6 Å². The third kappa shape index (κ3) is 2.10. The summed E-state index contributed by atoms with van der Waals surface area (Å²) >= 11 is 12.0. The summed E-state index contributed by atoms with van der Waals surface area (Å²) in [5.74, 6) is -0.866. The van der Waals surface area contributed by atoms with Gasteiger partial charge in [0.25, 0.3) is 0 Å². The second-order valence-corrected chi connectivity index (χ2v) is 4.91. The van der Waals surface area contributed by atoms with Gasteiger partial charge in [-0.25, -0.2) is 4.79 Å². The summed E-state index contributed by atoms with van der Waals surface area (Å²) in [5.41, 5.74) is 0.646. The molecule has 0 fully saturated rings. The van der Waals surface area contributed by atoms with E-state index in [1.807, 2.05) is 0 Å². The van der Waals surface area contributed by atoms with Gasteiger partial charge in [-0.3, -0.25) is 0 Å². The van der Waals surface area contributed by atoms with Crippen molar-refractivity contribution in [3.05, 3.63) is 45.6 Å². The molecule has 0 saturated heterocycles. The van der Waals surface area contributed by atoms with E-state index in [1.165, 1.54) is 10.8 Å². The monoisotopic (exact) mass is 311 g/mol. The fourth-order valence-corrected chi connectivity index (χ4v) is 2.46. The van der Waals surface area contributed by atoms with Gasteiger partial charge >= 0.3 is 5.97 Å². The molecule has 20 heavy (non-hydrogen) atoms. The Morgan fingerprint density at radius 1 is 1.40 bits per heavy atom. The molecule has 2 heterocycles. The minimum Gasteiger partial charge on any atom is -0.477 e. The van der Waals surface area contributed by atoms with Crippen molar-refractivity contribution in [3.8, 4) is 0 Å². The van der Waals surface area contributed by atoms with Crippen molar-refractivity contribution in [2.24, 2.45) is 0 Å². The molecule has 1 atom stereocenters. The van der Waals surface area contributed by atoms with Crippen LogP contribution < -0.4 is 5.32 Å². The molecule has 3 rings (SSSR count). The lowest BCUT2D eigenvalue weighted by atomic mass is 10.0. The van der Waals surface area contributed by atoms with Crippen molar-refractivity contribution in [2.45, 2.75) is 6.04 Å². The van der Waals surface area contributed by atoms with Gasteiger partial charge in [0.05, 0.1) is 0 Å². The second kappa shape index (κ2) is 4.77. The van der Waals surface area contributed by atoms with Crippen LogP contribution in [0.2, 0.25) is 10.0 Å². The lowest BCUT2D eigenvalue weighted by Gasteiger charge is -2.22. The Bertz CT molecular complexity index is 727. The minimum absolute atomic E-state index is 0.0108. The first-order chi connectivity index (χ1) is 9.56. The van der Waals surface area contributed by atoms with Crippen molar-refractivity contribution in [1.82, 2.24) is 20.2 Å². The number of carboxylic acid groups (broad SMARTS) is 1. The average molecular weight is 312 g/mol. The molecule has 2 N–H and O–H groups in total. The standard InChI is InChI=1S/C11H7Cl2N5O2/c12-5-1-2-6(7(13)3-5)9-4-8(10(19)20)14-11-15-16-17-18(9)11/h1-4,9H,(H,19,20)(H,14,15,17)/t9-/m1/s1. The number of allylic oxidation sites excluding steroid dienone is 1. The van der Waals surface area contributed by atoms with Crippen LogP contribution in [0.1, 0.15) is 11.6 Å². The first-order valence-corrected chi connectivity index (χ1v) is 6.27. The van der Waals surface area contributed by atoms with E-state index >= 15 is 0 Å². The zero-order valence-corrected chi connectivity index (χ0v) is 11.3. The minimum atomic E-state index is -1.10. The topological polar surface area (TPSA) is 92.9 Å². The third-order valence-electron chi connectivity index (χ3n) is 2.84. The summed E-state index contributed by atoms with van der Waals surface area (Å²) in [6.07, 6.45) is 1.49. The van der Waals surface area contributed by atoms with E-state index < -0.39 is 12.0 Å². The number of halogens is 2. The summed E-state index contributed by atoms with van der Waals surface area (Å²) in [4.78, 5) is 11.1. The van der Waals surface area contributed by atoms with Crippen LogP contribution in [0.4, 0.5) is 5.95 Å². The van der Waals surface area contributed by atoms with E-state index in [9.17, 15) is 4.79 Å². The zero-order valence-electron chi connectivity index (χ0n) is 9.79. The number of benzene rings is 1. The normalized spacial score (nSPS) is 17.1. The molecule has 1 aromatic carbocycles. The molecule has 0 bridgehead atoms. The fourth-order valence-electron chi connectivity index (χ4n) is 1.94. The first-order valence-electron chi connectivity index (χ1n) is 5.51. The summed E-state index contributed by atoms with van der Waals surface area (Å²) in [7, 11) is 0. The molecule has 0 aliphatic carbocycles. The van der Waals surface area contributed by atoms with Crippen LogP contribution in [-0.2, 0) is 4.79 Å². The van der Waals surface area contributed by atoms with Crippen LogP contribution in [0.5, 0.6) is 0 Å². The first kappa shape index (κ1) is 12.9. The highest BCUT2D eigenvalue weighted by Gasteiger charge is 2.27. The van der Waals surface area contributed by atoms with Crippen LogP contribution in [0.15, 0.2) is 30.0 Å². The predicted molar refractivity (Wildman–Crippen MR) is 71.8 cm³/mol. The van der Waals surface area contributed by atoms with E-state index in [0.717, 1.165) is 0 Å². The van der Waals surface area contributed by atoms with Crippen molar-refractivity contribution in [2.75, 3.05) is 5.32 Å². The molecule has 7 nitrogen and oxygen atoms in total. The lowest BCUT2D eigenvalue weighted by Crippen LogP contribution is -2.24. The van der Waals surface area contributed by atoms with Crippen molar-refractivity contribution < 1.29 is 9.90 Å². The predicted octanol–water partition coefficient (Wildman–Crippen LogP) is 1.96. The molecule has 0 amide bonds. The van der Waals surface area contributed by atoms with Crippen LogP contribution in [0, 0.1) is 0 Å². The Morgan fingerprint density at radius 3 is 2.90 bits per heavy atom. The summed E-state index contributed by atoms with van der Waals surface area (Å²) in [5, 5.41) is 23.7. The van der Waals surface area contributed by atoms with E-state index in [2.05, 4.69) is 20.8 Å². The number of nitrogens with one attached hydrogen (secondary N) is 1. The number of fused-ring (bicyclic) bond motifs is 1. The van der Waals surface area contributed by atoms with E-state index in [1.54, 1.807) is 18.2 Å². The van der Waals surface area contributed by atoms with E-state index in [-0.39, 0.29) is 11.6 Å². The summed E-state index contributed by atoms with van der Waals surface area (Å²) in [6, 6.07) is 4.45. The molecular formula is C11H7Cl2N5O2. The smallest absolute Gasteiger partial charge is 0.352 e. The maximum atomic E-state index is 11.1. The Hall–Kier alpha value is -2.12. The third-order valence-corrected chi connectivity index (χ3v) is 3.40. The van der Waals surface area contributed by atoms with Crippen molar-refractivity contribution >= 4 is 35.1 Å². The van der Waals surface area contributed by atoms with Gasteiger partial charge in [0, 0.05) is 10.0 Å². The van der Waals surface area contributed by atoms with Gasteiger partial charge in [0.15, 0.2) is 0 Å². The molecule has 0 radical (unpaired) electrons. The Morgan fingerprint density at radius 2 is 2.20 bits per heavy atom. The number of anilines is 1. The van der Waals surface area contributed by atoms with Gasteiger partial charge in [0.1, 0.15) is 11.7 Å². The number of hydrogen-bond donors (Lipinski definition) is 2. The molecule has 1 aliphatic heterocycles. The van der Waals surface area contributed by atoms with Gasteiger partial charge < -0.3 is 10.4 Å².